The first kappa shape index (κ1) is 53.2. The number of carbonyl (C=O) groups is 2. The Morgan fingerprint density at radius 2 is 1.02 bits per heavy atom. The lowest BCUT2D eigenvalue weighted by molar-refractivity contribution is -0.159. The number of unbranched alkanes of at least 4 members (excludes halogenated alkanes) is 24. The van der Waals surface area contributed by atoms with Gasteiger partial charge in [-0.1, -0.05) is 173 Å². The minimum Gasteiger partial charge on any atom is -0.458 e. The van der Waals surface area contributed by atoms with Crippen LogP contribution in [0.3, 0.4) is 0 Å². The Hall–Kier alpha value is -1.81. The summed E-state index contributed by atoms with van der Waals surface area (Å²) in [5, 5.41) is 18.3. The summed E-state index contributed by atoms with van der Waals surface area (Å²) in [4.78, 5) is 34.8. The Morgan fingerprint density at radius 1 is 0.582 bits per heavy atom. The van der Waals surface area contributed by atoms with Crippen molar-refractivity contribution in [2.24, 2.45) is 0 Å². The molecular weight excluding hydrogens is 719 g/mol. The van der Waals surface area contributed by atoms with Crippen molar-refractivity contribution in [1.29, 1.82) is 0 Å². The van der Waals surface area contributed by atoms with Crippen LogP contribution in [-0.4, -0.2) is 65.7 Å². The number of aliphatic hydroxyl groups excluding tert-OH is 2. The van der Waals surface area contributed by atoms with E-state index in [9.17, 15) is 24.2 Å². The van der Waals surface area contributed by atoms with Gasteiger partial charge < -0.3 is 24.6 Å². The molecule has 0 rings (SSSR count). The highest BCUT2D eigenvalue weighted by molar-refractivity contribution is 7.47. The van der Waals surface area contributed by atoms with Gasteiger partial charge in [-0.25, -0.2) is 9.36 Å². The van der Waals surface area contributed by atoms with Gasteiger partial charge in [-0.2, -0.15) is 0 Å². The molecule has 10 nitrogen and oxygen atoms in total. The standard InChI is InChI=1S/C44H81O10P/c1-3-5-7-9-11-13-15-17-19-20-22-24-26-28-30-32-34-36-44(48)54-42(40-53-55(49,50)52-38-41(46)37-45)39-51-43(47)35-33-31-29-27-25-23-21-18-16-14-12-10-8-6-4-2/h17,19,29,31,33,35,41-42,45-46H,3-16,18,20-28,30,32,34,36-40H2,1-2H3,(H,49,50)/b19-17+,31-29+,35-33+/t41-,42+/m0/s1. The highest BCUT2D eigenvalue weighted by Gasteiger charge is 2.27. The minimum absolute atomic E-state index is 0.160. The molecule has 0 fully saturated rings. The molecule has 55 heavy (non-hydrogen) atoms. The third-order valence-electron chi connectivity index (χ3n) is 9.37. The molecule has 0 spiro atoms. The molecule has 0 aliphatic heterocycles. The number of rotatable bonds is 41. The lowest BCUT2D eigenvalue weighted by Crippen LogP contribution is -2.29. The zero-order valence-corrected chi connectivity index (χ0v) is 35.8. The van der Waals surface area contributed by atoms with Crippen LogP contribution >= 0.6 is 7.82 Å². The summed E-state index contributed by atoms with van der Waals surface area (Å²) in [6.45, 7) is 2.25. The van der Waals surface area contributed by atoms with Crippen LogP contribution in [0.5, 0.6) is 0 Å². The van der Waals surface area contributed by atoms with E-state index in [0.29, 0.717) is 6.42 Å². The van der Waals surface area contributed by atoms with Gasteiger partial charge in [0.1, 0.15) is 12.7 Å². The average Bonchev–Trinajstić information content (AvgIpc) is 3.17. The molecule has 0 radical (unpaired) electrons. The van der Waals surface area contributed by atoms with E-state index in [1.165, 1.54) is 134 Å². The van der Waals surface area contributed by atoms with Gasteiger partial charge in [0, 0.05) is 12.5 Å². The van der Waals surface area contributed by atoms with Crippen molar-refractivity contribution >= 4 is 19.8 Å². The van der Waals surface area contributed by atoms with Gasteiger partial charge in [0.25, 0.3) is 0 Å². The summed E-state index contributed by atoms with van der Waals surface area (Å²) in [7, 11) is -4.64. The Balaban J connectivity index is 4.38. The summed E-state index contributed by atoms with van der Waals surface area (Å²) in [6, 6.07) is 0. The molecule has 322 valence electrons. The van der Waals surface area contributed by atoms with Gasteiger partial charge in [0.05, 0.1) is 19.8 Å². The summed E-state index contributed by atoms with van der Waals surface area (Å²) in [5.41, 5.74) is 0. The predicted molar refractivity (Wildman–Crippen MR) is 224 cm³/mol. The third-order valence-corrected chi connectivity index (χ3v) is 10.3. The number of phosphoric acid groups is 1. The van der Waals surface area contributed by atoms with Crippen LogP contribution < -0.4 is 0 Å². The van der Waals surface area contributed by atoms with Crippen LogP contribution in [-0.2, 0) is 32.7 Å². The van der Waals surface area contributed by atoms with E-state index in [2.05, 4.69) is 30.5 Å². The molecule has 11 heteroatoms. The second-order valence-electron chi connectivity index (χ2n) is 14.8. The number of allylic oxidation sites excluding steroid dienone is 5. The van der Waals surface area contributed by atoms with Crippen LogP contribution in [0.2, 0.25) is 0 Å². The molecule has 0 saturated carbocycles. The van der Waals surface area contributed by atoms with Gasteiger partial charge in [-0.15, -0.1) is 0 Å². The van der Waals surface area contributed by atoms with Gasteiger partial charge in [0.2, 0.25) is 0 Å². The molecule has 0 amide bonds. The molecule has 0 aliphatic rings. The van der Waals surface area contributed by atoms with Crippen molar-refractivity contribution in [3.05, 3.63) is 36.5 Å². The topological polar surface area (TPSA) is 149 Å². The van der Waals surface area contributed by atoms with E-state index in [1.807, 2.05) is 6.08 Å². The molecule has 0 aromatic carbocycles. The molecule has 3 atom stereocenters. The van der Waals surface area contributed by atoms with Crippen LogP contribution in [0, 0.1) is 0 Å². The molecule has 1 unspecified atom stereocenters. The number of esters is 2. The van der Waals surface area contributed by atoms with E-state index in [0.717, 1.165) is 38.5 Å². The summed E-state index contributed by atoms with van der Waals surface area (Å²) in [6.07, 6.45) is 41.7. The van der Waals surface area contributed by atoms with Crippen molar-refractivity contribution in [2.45, 2.75) is 206 Å². The van der Waals surface area contributed by atoms with Crippen molar-refractivity contribution in [2.75, 3.05) is 26.4 Å². The van der Waals surface area contributed by atoms with Crippen LogP contribution in [0.1, 0.15) is 194 Å². The van der Waals surface area contributed by atoms with E-state index < -0.39 is 51.8 Å². The van der Waals surface area contributed by atoms with Crippen molar-refractivity contribution < 1.29 is 47.8 Å². The maximum atomic E-state index is 12.6. The maximum Gasteiger partial charge on any atom is 0.472 e. The monoisotopic (exact) mass is 801 g/mol. The minimum atomic E-state index is -4.64. The molecule has 0 saturated heterocycles. The van der Waals surface area contributed by atoms with Gasteiger partial charge in [-0.05, 0) is 44.9 Å². The Kier molecular flexibility index (Phi) is 39.1. The molecular formula is C44H81O10P. The fourth-order valence-corrected chi connectivity index (χ4v) is 6.75. The zero-order chi connectivity index (χ0) is 40.5. The fourth-order valence-electron chi connectivity index (χ4n) is 5.96. The summed E-state index contributed by atoms with van der Waals surface area (Å²) < 4.78 is 32.5. The lowest BCUT2D eigenvalue weighted by Gasteiger charge is -2.20. The quantitative estimate of drug-likeness (QED) is 0.0136. The maximum absolute atomic E-state index is 12.6. The fraction of sp³-hybridized carbons (Fsp3) is 0.818. The highest BCUT2D eigenvalue weighted by atomic mass is 31.2. The van der Waals surface area contributed by atoms with Gasteiger partial charge in [0.15, 0.2) is 6.10 Å². The summed E-state index contributed by atoms with van der Waals surface area (Å²) in [5.74, 6) is -1.18. The van der Waals surface area contributed by atoms with Crippen molar-refractivity contribution in [3.63, 3.8) is 0 Å². The van der Waals surface area contributed by atoms with E-state index >= 15 is 0 Å². The second-order valence-corrected chi connectivity index (χ2v) is 16.2. The first-order valence-electron chi connectivity index (χ1n) is 22.0. The Bertz CT molecular complexity index is 1010. The van der Waals surface area contributed by atoms with E-state index in [4.69, 9.17) is 19.1 Å². The summed E-state index contributed by atoms with van der Waals surface area (Å²) >= 11 is 0. The number of phosphoric ester groups is 1. The Morgan fingerprint density at radius 3 is 1.51 bits per heavy atom. The Labute approximate surface area is 335 Å². The highest BCUT2D eigenvalue weighted by Crippen LogP contribution is 2.43. The molecule has 3 N–H and O–H groups in total. The predicted octanol–water partition coefficient (Wildman–Crippen LogP) is 11.6. The molecule has 0 aromatic heterocycles. The second kappa shape index (κ2) is 40.4. The number of ether oxygens (including phenoxy) is 2. The largest absolute Gasteiger partial charge is 0.472 e. The van der Waals surface area contributed by atoms with Crippen LogP contribution in [0.15, 0.2) is 36.5 Å². The molecule has 0 aliphatic carbocycles. The molecule has 0 heterocycles. The van der Waals surface area contributed by atoms with E-state index in [1.54, 1.807) is 12.2 Å². The first-order chi connectivity index (χ1) is 26.7. The number of carbonyl (C=O) groups excluding carboxylic acids is 2. The van der Waals surface area contributed by atoms with Crippen molar-refractivity contribution in [1.82, 2.24) is 0 Å². The number of hydrogen-bond acceptors (Lipinski definition) is 9. The SMILES string of the molecule is CCCCCCCC/C=C/CCCCCCCCCC(=O)O[C@H](COC(=O)/C=C/C=C/CCCCCCCCCCCCC)COP(=O)(O)OC[C@@H](O)CO. The average molecular weight is 801 g/mol. The smallest absolute Gasteiger partial charge is 0.458 e. The van der Waals surface area contributed by atoms with Crippen LogP contribution in [0.4, 0.5) is 0 Å². The molecule has 0 bridgehead atoms. The van der Waals surface area contributed by atoms with Crippen LogP contribution in [0.25, 0.3) is 0 Å². The van der Waals surface area contributed by atoms with Crippen molar-refractivity contribution in [3.8, 4) is 0 Å². The number of hydrogen-bond donors (Lipinski definition) is 3. The normalized spacial score (nSPS) is 14.2. The number of aliphatic hydroxyl groups is 2. The first-order valence-corrected chi connectivity index (χ1v) is 23.5. The van der Waals surface area contributed by atoms with E-state index in [-0.39, 0.29) is 13.0 Å². The molecule has 0 aromatic rings. The third kappa shape index (κ3) is 40.2. The lowest BCUT2D eigenvalue weighted by atomic mass is 10.1. The zero-order valence-electron chi connectivity index (χ0n) is 34.9. The van der Waals surface area contributed by atoms with Gasteiger partial charge in [-0.3, -0.25) is 13.8 Å². The van der Waals surface area contributed by atoms with Gasteiger partial charge >= 0.3 is 19.8 Å².